The quantitative estimate of drug-likeness (QED) is 0.924. The van der Waals surface area contributed by atoms with E-state index in [-0.39, 0.29) is 0 Å². The molecule has 1 aliphatic rings. The van der Waals surface area contributed by atoms with Gasteiger partial charge in [0.15, 0.2) is 0 Å². The normalized spacial score (nSPS) is 15.0. The van der Waals surface area contributed by atoms with Crippen LogP contribution in [0, 0.1) is 0 Å². The summed E-state index contributed by atoms with van der Waals surface area (Å²) in [7, 11) is 1.62. The topological polar surface area (TPSA) is 38.7 Å². The van der Waals surface area contributed by atoms with Crippen LogP contribution in [0.2, 0.25) is 0 Å². The molecule has 0 radical (unpaired) electrons. The van der Waals surface area contributed by atoms with E-state index in [2.05, 4.69) is 0 Å². The van der Waals surface area contributed by atoms with Gasteiger partial charge in [-0.3, -0.25) is 0 Å². The van der Waals surface area contributed by atoms with Crippen LogP contribution in [0.15, 0.2) is 29.6 Å². The molecule has 0 saturated heterocycles. The van der Waals surface area contributed by atoms with Crippen molar-refractivity contribution in [1.82, 2.24) is 0 Å². The van der Waals surface area contributed by atoms with Crippen LogP contribution < -0.4 is 9.47 Å². The number of thiophene rings is 1. The van der Waals surface area contributed by atoms with Crippen LogP contribution in [0.5, 0.6) is 11.5 Å². The molecule has 1 aromatic heterocycles. The minimum Gasteiger partial charge on any atom is -0.495 e. The molecule has 94 valence electrons. The maximum Gasteiger partial charge on any atom is 0.135 e. The van der Waals surface area contributed by atoms with Crippen LogP contribution >= 0.6 is 11.3 Å². The summed E-state index contributed by atoms with van der Waals surface area (Å²) in [6.45, 7) is 0.733. The first-order valence-corrected chi connectivity index (χ1v) is 6.72. The van der Waals surface area contributed by atoms with Gasteiger partial charge in [-0.25, -0.2) is 0 Å². The molecule has 0 amide bonds. The van der Waals surface area contributed by atoms with Crippen LogP contribution in [0.4, 0.5) is 0 Å². The number of hydrogen-bond acceptors (Lipinski definition) is 4. The fourth-order valence-corrected chi connectivity index (χ4v) is 3.08. The highest BCUT2D eigenvalue weighted by molar-refractivity contribution is 7.10. The Balaban J connectivity index is 1.95. The van der Waals surface area contributed by atoms with E-state index >= 15 is 0 Å². The number of methoxy groups -OCH3 is 1. The highest BCUT2D eigenvalue weighted by atomic mass is 32.1. The van der Waals surface area contributed by atoms with E-state index in [0.29, 0.717) is 0 Å². The monoisotopic (exact) mass is 262 g/mol. The first-order valence-electron chi connectivity index (χ1n) is 5.84. The Kier molecular flexibility index (Phi) is 2.97. The summed E-state index contributed by atoms with van der Waals surface area (Å²) in [5.41, 5.74) is 2.06. The Morgan fingerprint density at radius 3 is 3.11 bits per heavy atom. The van der Waals surface area contributed by atoms with Gasteiger partial charge < -0.3 is 14.6 Å². The van der Waals surface area contributed by atoms with Crippen LogP contribution in [0.3, 0.4) is 0 Å². The molecular formula is C14H14O3S. The molecule has 1 atom stereocenters. The molecule has 1 aromatic carbocycles. The maximum absolute atomic E-state index is 10.4. The first kappa shape index (κ1) is 11.6. The van der Waals surface area contributed by atoms with E-state index in [1.165, 1.54) is 16.9 Å². The van der Waals surface area contributed by atoms with Gasteiger partial charge in [0, 0.05) is 6.42 Å². The Morgan fingerprint density at radius 1 is 1.39 bits per heavy atom. The lowest BCUT2D eigenvalue weighted by atomic mass is 10.0. The van der Waals surface area contributed by atoms with Gasteiger partial charge in [0.2, 0.25) is 0 Å². The molecule has 3 nitrogen and oxygen atoms in total. The van der Waals surface area contributed by atoms with Crippen molar-refractivity contribution in [3.63, 3.8) is 0 Å². The Bertz CT molecular complexity index is 562. The van der Waals surface area contributed by atoms with Crippen LogP contribution in [0.25, 0.3) is 0 Å². The van der Waals surface area contributed by atoms with Gasteiger partial charge in [0.25, 0.3) is 0 Å². The summed E-state index contributed by atoms with van der Waals surface area (Å²) >= 11 is 1.50. The molecule has 0 aliphatic carbocycles. The molecule has 1 unspecified atom stereocenters. The second-order valence-corrected chi connectivity index (χ2v) is 5.17. The third kappa shape index (κ3) is 1.87. The second-order valence-electron chi connectivity index (χ2n) is 4.22. The molecule has 1 aliphatic heterocycles. The maximum atomic E-state index is 10.4. The van der Waals surface area contributed by atoms with Crippen molar-refractivity contribution in [3.8, 4) is 11.5 Å². The van der Waals surface area contributed by atoms with E-state index in [4.69, 9.17) is 9.47 Å². The van der Waals surface area contributed by atoms with Gasteiger partial charge in [-0.1, -0.05) is 6.07 Å². The van der Waals surface area contributed by atoms with Crippen molar-refractivity contribution < 1.29 is 14.6 Å². The second kappa shape index (κ2) is 4.63. The molecule has 0 saturated carbocycles. The number of aliphatic hydroxyl groups is 1. The Labute approximate surface area is 110 Å². The van der Waals surface area contributed by atoms with E-state index < -0.39 is 6.10 Å². The lowest BCUT2D eigenvalue weighted by Crippen LogP contribution is -1.99. The van der Waals surface area contributed by atoms with Crippen molar-refractivity contribution in [2.45, 2.75) is 12.5 Å². The fourth-order valence-electron chi connectivity index (χ4n) is 2.21. The molecule has 4 heteroatoms. The highest BCUT2D eigenvalue weighted by Crippen LogP contribution is 2.36. The molecular weight excluding hydrogens is 248 g/mol. The molecule has 1 N–H and O–H groups in total. The predicted molar refractivity (Wildman–Crippen MR) is 70.6 cm³/mol. The number of fused-ring (bicyclic) bond motifs is 1. The summed E-state index contributed by atoms with van der Waals surface area (Å²) in [5.74, 6) is 1.67. The third-order valence-electron chi connectivity index (χ3n) is 3.15. The fraction of sp³-hybridized carbons (Fsp3) is 0.286. The summed E-state index contributed by atoms with van der Waals surface area (Å²) in [6.07, 6.45) is 0.281. The SMILES string of the molecule is COc1ccsc1C(O)c1ccc2c(c1)CCO2. The number of ether oxygens (including phenoxy) is 2. The summed E-state index contributed by atoms with van der Waals surface area (Å²) in [4.78, 5) is 0.844. The average Bonchev–Trinajstić information content (AvgIpc) is 3.05. The van der Waals surface area contributed by atoms with Gasteiger partial charge >= 0.3 is 0 Å². The van der Waals surface area contributed by atoms with Gasteiger partial charge in [-0.2, -0.15) is 0 Å². The van der Waals surface area contributed by atoms with Crippen molar-refractivity contribution in [1.29, 1.82) is 0 Å². The number of aliphatic hydroxyl groups excluding tert-OH is 1. The number of benzene rings is 1. The van der Waals surface area contributed by atoms with Crippen LogP contribution in [-0.4, -0.2) is 18.8 Å². The van der Waals surface area contributed by atoms with E-state index in [1.54, 1.807) is 7.11 Å². The standard InChI is InChI=1S/C14H14O3S/c1-16-12-5-7-18-14(12)13(15)10-2-3-11-9(8-10)4-6-17-11/h2-3,5,7-8,13,15H,4,6H2,1H3. The third-order valence-corrected chi connectivity index (χ3v) is 4.11. The molecule has 2 aromatic rings. The Hall–Kier alpha value is -1.52. The minimum absolute atomic E-state index is 0.633. The van der Waals surface area contributed by atoms with E-state index in [9.17, 15) is 5.11 Å². The van der Waals surface area contributed by atoms with Crippen LogP contribution in [-0.2, 0) is 6.42 Å². The molecule has 18 heavy (non-hydrogen) atoms. The van der Waals surface area contributed by atoms with E-state index in [0.717, 1.165) is 35.0 Å². The first-order chi connectivity index (χ1) is 8.79. The van der Waals surface area contributed by atoms with Gasteiger partial charge in [-0.05, 0) is 34.7 Å². The highest BCUT2D eigenvalue weighted by Gasteiger charge is 2.20. The molecule has 0 bridgehead atoms. The molecule has 2 heterocycles. The lowest BCUT2D eigenvalue weighted by molar-refractivity contribution is 0.219. The van der Waals surface area contributed by atoms with Gasteiger partial charge in [0.1, 0.15) is 17.6 Å². The largest absolute Gasteiger partial charge is 0.495 e. The molecule has 3 rings (SSSR count). The zero-order chi connectivity index (χ0) is 12.5. The minimum atomic E-state index is -0.633. The molecule has 0 fully saturated rings. The Morgan fingerprint density at radius 2 is 2.28 bits per heavy atom. The summed E-state index contributed by atoms with van der Waals surface area (Å²) < 4.78 is 10.7. The lowest BCUT2D eigenvalue weighted by Gasteiger charge is -2.12. The number of hydrogen-bond donors (Lipinski definition) is 1. The van der Waals surface area contributed by atoms with E-state index in [1.807, 2.05) is 29.6 Å². The number of rotatable bonds is 3. The van der Waals surface area contributed by atoms with Gasteiger partial charge in [-0.15, -0.1) is 11.3 Å². The zero-order valence-electron chi connectivity index (χ0n) is 10.1. The molecule has 0 spiro atoms. The summed E-state index contributed by atoms with van der Waals surface area (Å²) in [6, 6.07) is 7.74. The smallest absolute Gasteiger partial charge is 0.135 e. The van der Waals surface area contributed by atoms with Crippen molar-refractivity contribution in [2.24, 2.45) is 0 Å². The summed E-state index contributed by atoms with van der Waals surface area (Å²) in [5, 5.41) is 12.3. The van der Waals surface area contributed by atoms with Crippen molar-refractivity contribution in [3.05, 3.63) is 45.6 Å². The van der Waals surface area contributed by atoms with Crippen molar-refractivity contribution >= 4 is 11.3 Å². The van der Waals surface area contributed by atoms with Crippen LogP contribution in [0.1, 0.15) is 22.1 Å². The zero-order valence-corrected chi connectivity index (χ0v) is 10.9. The van der Waals surface area contributed by atoms with Crippen molar-refractivity contribution in [2.75, 3.05) is 13.7 Å². The average molecular weight is 262 g/mol. The van der Waals surface area contributed by atoms with Gasteiger partial charge in [0.05, 0.1) is 18.6 Å². The predicted octanol–water partition coefficient (Wildman–Crippen LogP) is 2.77.